The molecule has 2 aromatic rings. The standard InChI is InChI=1S/C27H35BrFNO5S2/c1-4-6-12-27(13-7-5-2)17-30(20-10-8-19(28)9-11-20)22-14-24(36-3)23(35-16-21(29)26(31)32)15-25(22)37(33,34)18-27/h8-11,14-16,33-34H,4-7,12-13,17-18H2,1-3H3,(H,31,32)/b21-16-. The average molecular weight is 617 g/mol. The van der Waals surface area contributed by atoms with Gasteiger partial charge in [-0.15, -0.1) is 11.8 Å². The van der Waals surface area contributed by atoms with E-state index in [0.717, 1.165) is 48.7 Å². The molecule has 204 valence electrons. The largest absolute Gasteiger partial charge is 0.476 e. The third-order valence-electron chi connectivity index (χ3n) is 6.64. The Labute approximate surface area is 232 Å². The predicted molar refractivity (Wildman–Crippen MR) is 154 cm³/mol. The number of aliphatic carboxylic acids is 1. The third kappa shape index (κ3) is 7.23. The van der Waals surface area contributed by atoms with Crippen molar-refractivity contribution in [3.8, 4) is 5.75 Å². The molecule has 3 rings (SSSR count). The van der Waals surface area contributed by atoms with E-state index in [1.807, 2.05) is 36.6 Å². The zero-order valence-corrected chi connectivity index (χ0v) is 24.6. The van der Waals surface area contributed by atoms with Gasteiger partial charge in [0.2, 0.25) is 5.83 Å². The predicted octanol–water partition coefficient (Wildman–Crippen LogP) is 9.07. The number of anilines is 2. The minimum Gasteiger partial charge on any atom is -0.476 e. The Morgan fingerprint density at radius 1 is 1.19 bits per heavy atom. The number of carbonyl (C=O) groups is 1. The average Bonchev–Trinajstić information content (AvgIpc) is 2.96. The molecule has 0 saturated carbocycles. The van der Waals surface area contributed by atoms with Crippen molar-refractivity contribution in [3.63, 3.8) is 0 Å². The summed E-state index contributed by atoms with van der Waals surface area (Å²) in [6.45, 7) is 4.91. The second kappa shape index (κ2) is 12.9. The fourth-order valence-corrected chi connectivity index (χ4v) is 7.77. The van der Waals surface area contributed by atoms with Gasteiger partial charge in [0, 0.05) is 33.9 Å². The summed E-state index contributed by atoms with van der Waals surface area (Å²) < 4.78 is 43.4. The summed E-state index contributed by atoms with van der Waals surface area (Å²) in [5, 5.41) is 8.86. The molecule has 0 radical (unpaired) electrons. The fourth-order valence-electron chi connectivity index (χ4n) is 4.77. The lowest BCUT2D eigenvalue weighted by Crippen LogP contribution is -2.37. The molecular formula is C27H35BrFNO5S2. The number of fused-ring (bicyclic) bond motifs is 1. The lowest BCUT2D eigenvalue weighted by Gasteiger charge is -2.42. The number of ether oxygens (including phenoxy) is 1. The van der Waals surface area contributed by atoms with E-state index in [1.54, 1.807) is 0 Å². The van der Waals surface area contributed by atoms with E-state index in [-0.39, 0.29) is 16.9 Å². The molecule has 0 aliphatic carbocycles. The summed E-state index contributed by atoms with van der Waals surface area (Å²) in [7, 11) is -3.27. The van der Waals surface area contributed by atoms with Crippen LogP contribution in [0.15, 0.2) is 62.8 Å². The maximum Gasteiger partial charge on any atom is 0.368 e. The molecule has 3 N–H and O–H groups in total. The first-order chi connectivity index (χ1) is 17.6. The minimum atomic E-state index is -3.27. The van der Waals surface area contributed by atoms with Crippen molar-refractivity contribution in [2.75, 3.05) is 23.5 Å². The zero-order valence-electron chi connectivity index (χ0n) is 21.4. The number of thioether (sulfide) groups is 1. The lowest BCUT2D eigenvalue weighted by atomic mass is 9.79. The summed E-state index contributed by atoms with van der Waals surface area (Å²) in [6, 6.07) is 11.3. The Morgan fingerprint density at radius 3 is 2.35 bits per heavy atom. The molecule has 1 heterocycles. The van der Waals surface area contributed by atoms with Crippen LogP contribution in [0.1, 0.15) is 52.4 Å². The van der Waals surface area contributed by atoms with Gasteiger partial charge in [-0.2, -0.15) is 15.0 Å². The number of hydrogen-bond acceptors (Lipinski definition) is 6. The SMILES string of the molecule is CCCCC1(CCCC)CN(c2ccc(Br)cc2)c2cc(SC)c(O/C=C(\F)C(=O)O)cc2S(O)(O)C1. The molecule has 0 fully saturated rings. The van der Waals surface area contributed by atoms with Crippen molar-refractivity contribution in [1.82, 2.24) is 0 Å². The Morgan fingerprint density at radius 2 is 1.81 bits per heavy atom. The highest BCUT2D eigenvalue weighted by atomic mass is 79.9. The smallest absolute Gasteiger partial charge is 0.368 e. The number of carboxylic acid groups (broad SMARTS) is 1. The molecule has 0 aromatic heterocycles. The molecule has 0 amide bonds. The third-order valence-corrected chi connectivity index (χ3v) is 9.98. The van der Waals surface area contributed by atoms with Crippen LogP contribution in [-0.2, 0) is 4.79 Å². The molecule has 0 bridgehead atoms. The van der Waals surface area contributed by atoms with Crippen molar-refractivity contribution < 1.29 is 28.1 Å². The number of benzene rings is 2. The van der Waals surface area contributed by atoms with E-state index in [9.17, 15) is 18.3 Å². The van der Waals surface area contributed by atoms with E-state index in [4.69, 9.17) is 9.84 Å². The van der Waals surface area contributed by atoms with Crippen LogP contribution in [0.5, 0.6) is 5.75 Å². The maximum atomic E-state index is 13.7. The van der Waals surface area contributed by atoms with Crippen molar-refractivity contribution in [2.45, 2.75) is 62.2 Å². The van der Waals surface area contributed by atoms with Crippen molar-refractivity contribution in [1.29, 1.82) is 0 Å². The molecule has 2 aromatic carbocycles. The van der Waals surface area contributed by atoms with Gasteiger partial charge in [0.1, 0.15) is 12.0 Å². The maximum absolute atomic E-state index is 13.7. The lowest BCUT2D eigenvalue weighted by molar-refractivity contribution is -0.134. The molecule has 0 spiro atoms. The van der Waals surface area contributed by atoms with Gasteiger partial charge in [-0.05, 0) is 49.4 Å². The molecule has 0 unspecified atom stereocenters. The van der Waals surface area contributed by atoms with Crippen molar-refractivity contribution in [2.24, 2.45) is 5.41 Å². The molecule has 6 nitrogen and oxygen atoms in total. The number of unbranched alkanes of at least 4 members (excludes halogenated alkanes) is 2. The fraction of sp³-hybridized carbons (Fsp3) is 0.444. The van der Waals surface area contributed by atoms with Gasteiger partial charge < -0.3 is 14.7 Å². The first-order valence-corrected chi connectivity index (χ1v) is 16.1. The Balaban J connectivity index is 2.23. The highest BCUT2D eigenvalue weighted by molar-refractivity contribution is 9.10. The first kappa shape index (κ1) is 29.8. The molecule has 1 aliphatic rings. The second-order valence-electron chi connectivity index (χ2n) is 9.44. The molecule has 10 heteroatoms. The summed E-state index contributed by atoms with van der Waals surface area (Å²) in [6.07, 6.45) is 8.07. The van der Waals surface area contributed by atoms with E-state index < -0.39 is 22.4 Å². The van der Waals surface area contributed by atoms with Crippen LogP contribution in [0.4, 0.5) is 15.8 Å². The highest BCUT2D eigenvalue weighted by Gasteiger charge is 2.42. The minimum absolute atomic E-state index is 0.174. The van der Waals surface area contributed by atoms with Gasteiger partial charge in [-0.1, -0.05) is 55.5 Å². The van der Waals surface area contributed by atoms with Crippen LogP contribution >= 0.6 is 38.3 Å². The molecule has 1 aliphatic heterocycles. The van der Waals surface area contributed by atoms with Crippen LogP contribution in [0, 0.1) is 5.41 Å². The summed E-state index contributed by atoms with van der Waals surface area (Å²) in [5.74, 6) is -2.78. The zero-order chi connectivity index (χ0) is 27.2. The quantitative estimate of drug-likeness (QED) is 0.132. The second-order valence-corrected chi connectivity index (χ2v) is 13.3. The van der Waals surface area contributed by atoms with E-state index >= 15 is 0 Å². The monoisotopic (exact) mass is 615 g/mol. The molecule has 37 heavy (non-hydrogen) atoms. The van der Waals surface area contributed by atoms with Crippen LogP contribution in [0.25, 0.3) is 0 Å². The molecule has 0 atom stereocenters. The van der Waals surface area contributed by atoms with Gasteiger partial charge in [0.15, 0.2) is 0 Å². The van der Waals surface area contributed by atoms with Crippen LogP contribution in [0.2, 0.25) is 0 Å². The van der Waals surface area contributed by atoms with Crippen LogP contribution in [-0.4, -0.2) is 38.7 Å². The molecule has 0 saturated heterocycles. The van der Waals surface area contributed by atoms with Crippen LogP contribution < -0.4 is 9.64 Å². The summed E-state index contributed by atoms with van der Waals surface area (Å²) >= 11 is 4.86. The van der Waals surface area contributed by atoms with Crippen molar-refractivity contribution in [3.05, 3.63) is 53.0 Å². The topological polar surface area (TPSA) is 90.2 Å². The Kier molecular flexibility index (Phi) is 10.4. The number of rotatable bonds is 11. The Bertz CT molecular complexity index is 1120. The molecular weight excluding hydrogens is 581 g/mol. The van der Waals surface area contributed by atoms with Gasteiger partial charge in [0.25, 0.3) is 0 Å². The van der Waals surface area contributed by atoms with E-state index in [2.05, 4.69) is 34.7 Å². The highest BCUT2D eigenvalue weighted by Crippen LogP contribution is 2.62. The van der Waals surface area contributed by atoms with Gasteiger partial charge in [0.05, 0.1) is 15.5 Å². The van der Waals surface area contributed by atoms with Gasteiger partial charge in [-0.25, -0.2) is 4.79 Å². The number of nitrogens with zero attached hydrogens (tertiary/aromatic N) is 1. The number of halogens is 2. The number of hydrogen-bond donors (Lipinski definition) is 3. The summed E-state index contributed by atoms with van der Waals surface area (Å²) in [4.78, 5) is 14.0. The van der Waals surface area contributed by atoms with E-state index in [1.165, 1.54) is 17.8 Å². The van der Waals surface area contributed by atoms with Crippen LogP contribution in [0.3, 0.4) is 0 Å². The number of carboxylic acids is 1. The summed E-state index contributed by atoms with van der Waals surface area (Å²) in [5.41, 5.74) is 1.26. The Hall–Kier alpha value is -1.72. The van der Waals surface area contributed by atoms with Gasteiger partial charge >= 0.3 is 5.97 Å². The first-order valence-electron chi connectivity index (χ1n) is 12.3. The van der Waals surface area contributed by atoms with Gasteiger partial charge in [-0.3, -0.25) is 9.11 Å². The normalized spacial score (nSPS) is 17.6. The van der Waals surface area contributed by atoms with Crippen molar-refractivity contribution >= 4 is 55.6 Å². The van der Waals surface area contributed by atoms with E-state index in [0.29, 0.717) is 28.3 Å².